The lowest BCUT2D eigenvalue weighted by atomic mass is 10.2. The Labute approximate surface area is 146 Å². The first-order valence-electron chi connectivity index (χ1n) is 7.52. The average Bonchev–Trinajstić information content (AvgIpc) is 2.60. The minimum Gasteiger partial charge on any atom is -0.497 e. The Morgan fingerprint density at radius 1 is 1.08 bits per heavy atom. The van der Waals surface area contributed by atoms with E-state index in [4.69, 9.17) is 16.3 Å². The zero-order valence-electron chi connectivity index (χ0n) is 13.3. The van der Waals surface area contributed by atoms with Crippen molar-refractivity contribution in [2.45, 2.75) is 13.0 Å². The van der Waals surface area contributed by atoms with Crippen LogP contribution in [0.3, 0.4) is 0 Å². The molecule has 2 rings (SSSR count). The molecule has 0 saturated carbocycles. The van der Waals surface area contributed by atoms with Gasteiger partial charge < -0.3 is 15.4 Å². The number of hydrogen-bond donors (Lipinski definition) is 2. The topological polar surface area (TPSA) is 67.4 Å². The molecule has 2 N–H and O–H groups in total. The van der Waals surface area contributed by atoms with Gasteiger partial charge in [-0.05, 0) is 29.8 Å². The first kappa shape index (κ1) is 17.8. The Kier molecular flexibility index (Phi) is 6.63. The molecule has 0 saturated heterocycles. The van der Waals surface area contributed by atoms with Crippen LogP contribution in [0, 0.1) is 0 Å². The first-order valence-corrected chi connectivity index (χ1v) is 7.90. The van der Waals surface area contributed by atoms with E-state index in [0.717, 1.165) is 11.3 Å². The van der Waals surface area contributed by atoms with Crippen molar-refractivity contribution in [2.24, 2.45) is 0 Å². The molecule has 0 spiro atoms. The Morgan fingerprint density at radius 3 is 2.62 bits per heavy atom. The van der Waals surface area contributed by atoms with Crippen molar-refractivity contribution in [1.29, 1.82) is 0 Å². The van der Waals surface area contributed by atoms with Crippen molar-refractivity contribution in [3.63, 3.8) is 0 Å². The molecule has 0 unspecified atom stereocenters. The fourth-order valence-electron chi connectivity index (χ4n) is 2.10. The van der Waals surface area contributed by atoms with Gasteiger partial charge in [-0.1, -0.05) is 35.9 Å². The van der Waals surface area contributed by atoms with Gasteiger partial charge in [-0.2, -0.15) is 0 Å². The molecule has 0 aliphatic carbocycles. The quantitative estimate of drug-likeness (QED) is 0.810. The van der Waals surface area contributed by atoms with Crippen molar-refractivity contribution in [3.05, 3.63) is 64.7 Å². The Morgan fingerprint density at radius 2 is 1.88 bits per heavy atom. The zero-order valence-corrected chi connectivity index (χ0v) is 14.1. The summed E-state index contributed by atoms with van der Waals surface area (Å²) in [4.78, 5) is 23.8. The second-order valence-electron chi connectivity index (χ2n) is 5.11. The van der Waals surface area contributed by atoms with Crippen LogP contribution < -0.4 is 15.4 Å². The highest BCUT2D eigenvalue weighted by Crippen LogP contribution is 2.14. The van der Waals surface area contributed by atoms with Gasteiger partial charge in [0, 0.05) is 19.5 Å². The average molecular weight is 347 g/mol. The molecule has 0 aliphatic heterocycles. The fraction of sp³-hybridized carbons (Fsp3) is 0.222. The molecule has 24 heavy (non-hydrogen) atoms. The molecule has 0 fully saturated rings. The van der Waals surface area contributed by atoms with E-state index >= 15 is 0 Å². The van der Waals surface area contributed by atoms with Gasteiger partial charge in [0.2, 0.25) is 5.91 Å². The summed E-state index contributed by atoms with van der Waals surface area (Å²) in [6.07, 6.45) is 0.195. The summed E-state index contributed by atoms with van der Waals surface area (Å²) in [5.41, 5.74) is 1.35. The van der Waals surface area contributed by atoms with E-state index < -0.39 is 0 Å². The van der Waals surface area contributed by atoms with Crippen molar-refractivity contribution >= 4 is 23.4 Å². The second kappa shape index (κ2) is 8.93. The monoisotopic (exact) mass is 346 g/mol. The van der Waals surface area contributed by atoms with Crippen molar-refractivity contribution in [3.8, 4) is 5.75 Å². The van der Waals surface area contributed by atoms with Crippen LogP contribution in [-0.4, -0.2) is 25.5 Å². The minimum absolute atomic E-state index is 0.141. The summed E-state index contributed by atoms with van der Waals surface area (Å²) in [5.74, 6) is 0.312. The zero-order chi connectivity index (χ0) is 17.4. The van der Waals surface area contributed by atoms with Gasteiger partial charge >= 0.3 is 0 Å². The lowest BCUT2D eigenvalue weighted by Crippen LogP contribution is -2.30. The molecule has 126 valence electrons. The van der Waals surface area contributed by atoms with Gasteiger partial charge in [0.1, 0.15) is 5.75 Å². The van der Waals surface area contributed by atoms with Gasteiger partial charge in [0.05, 0.1) is 17.7 Å². The lowest BCUT2D eigenvalue weighted by molar-refractivity contribution is -0.121. The lowest BCUT2D eigenvalue weighted by Gasteiger charge is -2.08. The van der Waals surface area contributed by atoms with Crippen molar-refractivity contribution < 1.29 is 14.3 Å². The molecule has 6 heteroatoms. The van der Waals surface area contributed by atoms with E-state index in [2.05, 4.69) is 10.6 Å². The molecule has 0 bridgehead atoms. The summed E-state index contributed by atoms with van der Waals surface area (Å²) in [6.45, 7) is 0.655. The Bertz CT molecular complexity index is 719. The highest BCUT2D eigenvalue weighted by Gasteiger charge is 2.09. The Balaban J connectivity index is 1.73. The predicted molar refractivity (Wildman–Crippen MR) is 93.2 cm³/mol. The summed E-state index contributed by atoms with van der Waals surface area (Å²) in [6, 6.07) is 14.3. The maximum Gasteiger partial charge on any atom is 0.252 e. The van der Waals surface area contributed by atoms with Gasteiger partial charge in [-0.3, -0.25) is 9.59 Å². The highest BCUT2D eigenvalue weighted by molar-refractivity contribution is 6.33. The molecule has 5 nitrogen and oxygen atoms in total. The van der Waals surface area contributed by atoms with E-state index in [0.29, 0.717) is 17.1 Å². The smallest absolute Gasteiger partial charge is 0.252 e. The summed E-state index contributed by atoms with van der Waals surface area (Å²) in [7, 11) is 1.60. The summed E-state index contributed by atoms with van der Waals surface area (Å²) >= 11 is 5.95. The number of ether oxygens (including phenoxy) is 1. The van der Waals surface area contributed by atoms with Crippen LogP contribution in [0.4, 0.5) is 0 Å². The third-order valence-electron chi connectivity index (χ3n) is 3.38. The number of methoxy groups -OCH3 is 1. The number of rotatable bonds is 7. The van der Waals surface area contributed by atoms with Crippen molar-refractivity contribution in [2.75, 3.05) is 13.7 Å². The third-order valence-corrected chi connectivity index (χ3v) is 3.71. The second-order valence-corrected chi connectivity index (χ2v) is 5.52. The van der Waals surface area contributed by atoms with Crippen LogP contribution in [0.15, 0.2) is 48.5 Å². The number of amides is 2. The number of carbonyl (C=O) groups is 2. The molecule has 0 heterocycles. The normalized spacial score (nSPS) is 10.1. The van der Waals surface area contributed by atoms with E-state index in [1.165, 1.54) is 0 Å². The van der Waals surface area contributed by atoms with Crippen LogP contribution in [-0.2, 0) is 11.3 Å². The molecule has 0 aromatic heterocycles. The minimum atomic E-state index is -0.291. The molecule has 0 aliphatic rings. The number of nitrogens with one attached hydrogen (secondary N) is 2. The fourth-order valence-corrected chi connectivity index (χ4v) is 2.32. The summed E-state index contributed by atoms with van der Waals surface area (Å²) in [5, 5.41) is 5.87. The molecule has 2 amide bonds. The highest BCUT2D eigenvalue weighted by atomic mass is 35.5. The maximum atomic E-state index is 12.0. The van der Waals surface area contributed by atoms with Crippen LogP contribution in [0.1, 0.15) is 22.3 Å². The van der Waals surface area contributed by atoms with Crippen LogP contribution in [0.2, 0.25) is 5.02 Å². The van der Waals surface area contributed by atoms with Crippen LogP contribution in [0.25, 0.3) is 0 Å². The van der Waals surface area contributed by atoms with E-state index in [1.807, 2.05) is 24.3 Å². The predicted octanol–water partition coefficient (Wildman–Crippen LogP) is 2.78. The third kappa shape index (κ3) is 5.28. The Hall–Kier alpha value is -2.53. The number of benzene rings is 2. The van der Waals surface area contributed by atoms with Gasteiger partial charge in [0.15, 0.2) is 0 Å². The van der Waals surface area contributed by atoms with Crippen molar-refractivity contribution in [1.82, 2.24) is 10.6 Å². The van der Waals surface area contributed by atoms with E-state index in [9.17, 15) is 9.59 Å². The molecule has 0 atom stereocenters. The standard InChI is InChI=1S/C18H19ClN2O3/c1-24-14-6-4-5-13(11-14)12-21-17(22)9-10-20-18(23)15-7-2-3-8-16(15)19/h2-8,11H,9-10,12H2,1H3,(H,20,23)(H,21,22). The number of hydrogen-bond acceptors (Lipinski definition) is 3. The van der Waals surface area contributed by atoms with E-state index in [1.54, 1.807) is 31.4 Å². The molecule has 2 aromatic carbocycles. The van der Waals surface area contributed by atoms with Gasteiger partial charge in [0.25, 0.3) is 5.91 Å². The molecular weight excluding hydrogens is 328 g/mol. The number of halogens is 1. The van der Waals surface area contributed by atoms with E-state index in [-0.39, 0.29) is 24.8 Å². The maximum absolute atomic E-state index is 12.0. The van der Waals surface area contributed by atoms with Crippen LogP contribution >= 0.6 is 11.6 Å². The largest absolute Gasteiger partial charge is 0.497 e. The van der Waals surface area contributed by atoms with Crippen LogP contribution in [0.5, 0.6) is 5.75 Å². The van der Waals surface area contributed by atoms with Gasteiger partial charge in [-0.25, -0.2) is 0 Å². The van der Waals surface area contributed by atoms with Gasteiger partial charge in [-0.15, -0.1) is 0 Å². The molecule has 2 aromatic rings. The first-order chi connectivity index (χ1) is 11.6. The molecule has 0 radical (unpaired) electrons. The number of carbonyl (C=O) groups excluding carboxylic acids is 2. The SMILES string of the molecule is COc1cccc(CNC(=O)CCNC(=O)c2ccccc2Cl)c1. The molecular formula is C18H19ClN2O3. The summed E-state index contributed by atoms with van der Waals surface area (Å²) < 4.78 is 5.13.